The van der Waals surface area contributed by atoms with Crippen molar-refractivity contribution in [3.63, 3.8) is 0 Å². The summed E-state index contributed by atoms with van der Waals surface area (Å²) in [5.74, 6) is 0.966. The van der Waals surface area contributed by atoms with E-state index >= 15 is 0 Å². The Hall–Kier alpha value is -2.28. The van der Waals surface area contributed by atoms with E-state index in [2.05, 4.69) is 19.2 Å². The monoisotopic (exact) mass is 420 g/mol. The number of rotatable bonds is 6. The highest BCUT2D eigenvalue weighted by atomic mass is 32.2. The third kappa shape index (κ3) is 4.66. The van der Waals surface area contributed by atoms with Gasteiger partial charge in [0.1, 0.15) is 16.5 Å². The van der Waals surface area contributed by atoms with Crippen molar-refractivity contribution in [1.82, 2.24) is 4.57 Å². The van der Waals surface area contributed by atoms with Gasteiger partial charge < -0.3 is 14.6 Å². The van der Waals surface area contributed by atoms with Crippen molar-refractivity contribution in [3.8, 4) is 5.75 Å². The molecule has 0 bridgehead atoms. The Balaban J connectivity index is 2.73. The highest BCUT2D eigenvalue weighted by Gasteiger charge is 2.32. The van der Waals surface area contributed by atoms with Crippen LogP contribution in [0.5, 0.6) is 5.75 Å². The number of carbonyl (C=O) groups is 1. The fourth-order valence-electron chi connectivity index (χ4n) is 3.05. The van der Waals surface area contributed by atoms with Crippen molar-refractivity contribution in [2.45, 2.75) is 64.8 Å². The van der Waals surface area contributed by atoms with Crippen molar-refractivity contribution in [2.75, 3.05) is 12.4 Å². The van der Waals surface area contributed by atoms with Gasteiger partial charge in [-0.1, -0.05) is 34.6 Å². The topological polar surface area (TPSA) is 77.4 Å². The number of amides is 1. The molecular weight excluding hydrogens is 388 g/mol. The number of hydrogen-bond acceptors (Lipinski definition) is 4. The molecule has 1 amide bonds. The summed E-state index contributed by atoms with van der Waals surface area (Å²) in [6.45, 7) is 13.8. The molecule has 2 aromatic rings. The average Bonchev–Trinajstić information content (AvgIpc) is 2.85. The van der Waals surface area contributed by atoms with E-state index in [1.165, 1.54) is 19.2 Å². The minimum Gasteiger partial charge on any atom is -0.497 e. The number of benzene rings is 1. The second kappa shape index (κ2) is 8.22. The highest BCUT2D eigenvalue weighted by molar-refractivity contribution is 7.91. The van der Waals surface area contributed by atoms with Crippen LogP contribution in [0.1, 0.15) is 45.9 Å². The van der Waals surface area contributed by atoms with Crippen LogP contribution in [-0.2, 0) is 21.2 Å². The predicted octanol–water partition coefficient (Wildman–Crippen LogP) is 4.59. The summed E-state index contributed by atoms with van der Waals surface area (Å²) in [6, 6.07) is 6.29. The zero-order chi connectivity index (χ0) is 22.1. The largest absolute Gasteiger partial charge is 0.497 e. The summed E-state index contributed by atoms with van der Waals surface area (Å²) >= 11 is 0. The zero-order valence-electron chi connectivity index (χ0n) is 18.6. The van der Waals surface area contributed by atoms with Gasteiger partial charge in [-0.15, -0.1) is 0 Å². The molecule has 1 N–H and O–H groups in total. The summed E-state index contributed by atoms with van der Waals surface area (Å²) < 4.78 is 34.1. The van der Waals surface area contributed by atoms with Crippen molar-refractivity contribution >= 4 is 21.6 Å². The van der Waals surface area contributed by atoms with Crippen LogP contribution in [0.3, 0.4) is 0 Å². The van der Waals surface area contributed by atoms with Gasteiger partial charge in [-0.2, -0.15) is 0 Å². The number of nitrogens with one attached hydrogen (secondary N) is 1. The normalized spacial score (nSPS) is 12.3. The van der Waals surface area contributed by atoms with Crippen LogP contribution in [0.2, 0.25) is 0 Å². The number of sulfone groups is 1. The Bertz CT molecular complexity index is 995. The molecule has 2 rings (SSSR count). The van der Waals surface area contributed by atoms with Gasteiger partial charge in [0, 0.05) is 17.7 Å². The minimum absolute atomic E-state index is 0.151. The van der Waals surface area contributed by atoms with Crippen LogP contribution in [0, 0.1) is 25.2 Å². The third-order valence-corrected chi connectivity index (χ3v) is 6.80. The fraction of sp³-hybridized carbons (Fsp3) is 0.500. The van der Waals surface area contributed by atoms with E-state index in [4.69, 9.17) is 4.74 Å². The van der Waals surface area contributed by atoms with E-state index < -0.39 is 15.3 Å². The zero-order valence-corrected chi connectivity index (χ0v) is 19.4. The summed E-state index contributed by atoms with van der Waals surface area (Å²) in [6.07, 6.45) is 0. The predicted molar refractivity (Wildman–Crippen MR) is 115 cm³/mol. The second-order valence-corrected chi connectivity index (χ2v) is 10.7. The lowest BCUT2D eigenvalue weighted by molar-refractivity contribution is -0.123. The molecule has 1 heterocycles. The van der Waals surface area contributed by atoms with E-state index in [1.807, 2.05) is 11.5 Å². The molecule has 0 fully saturated rings. The van der Waals surface area contributed by atoms with Crippen LogP contribution in [0.15, 0.2) is 34.1 Å². The van der Waals surface area contributed by atoms with Crippen LogP contribution in [0.4, 0.5) is 5.82 Å². The molecule has 0 spiro atoms. The summed E-state index contributed by atoms with van der Waals surface area (Å²) in [5.41, 5.74) is 0.816. The van der Waals surface area contributed by atoms with Crippen LogP contribution in [0.25, 0.3) is 0 Å². The molecule has 0 saturated carbocycles. The highest BCUT2D eigenvalue weighted by Crippen LogP contribution is 2.37. The third-order valence-electron chi connectivity index (χ3n) is 4.87. The fourth-order valence-corrected chi connectivity index (χ4v) is 4.75. The van der Waals surface area contributed by atoms with Gasteiger partial charge in [0.15, 0.2) is 0 Å². The molecule has 1 aromatic heterocycles. The van der Waals surface area contributed by atoms with E-state index in [0.717, 1.165) is 5.69 Å². The Morgan fingerprint density at radius 3 is 2.14 bits per heavy atom. The van der Waals surface area contributed by atoms with Crippen LogP contribution in [-0.4, -0.2) is 26.0 Å². The molecule has 0 unspecified atom stereocenters. The van der Waals surface area contributed by atoms with Crippen molar-refractivity contribution in [2.24, 2.45) is 11.3 Å². The van der Waals surface area contributed by atoms with Gasteiger partial charge in [-0.3, -0.25) is 4.79 Å². The van der Waals surface area contributed by atoms with Crippen molar-refractivity contribution in [1.29, 1.82) is 0 Å². The molecule has 0 saturated heterocycles. The van der Waals surface area contributed by atoms with Crippen molar-refractivity contribution < 1.29 is 17.9 Å². The van der Waals surface area contributed by atoms with E-state index in [9.17, 15) is 13.2 Å². The lowest BCUT2D eigenvalue weighted by Crippen LogP contribution is -2.29. The first-order chi connectivity index (χ1) is 13.3. The second-order valence-electron chi connectivity index (χ2n) is 8.78. The minimum atomic E-state index is -3.84. The molecule has 1 aromatic carbocycles. The molecule has 29 heavy (non-hydrogen) atoms. The lowest BCUT2D eigenvalue weighted by Gasteiger charge is -2.21. The summed E-state index contributed by atoms with van der Waals surface area (Å²) in [4.78, 5) is 13.1. The molecular formula is C22H32N2O4S. The Morgan fingerprint density at radius 1 is 1.14 bits per heavy atom. The van der Waals surface area contributed by atoms with E-state index in [0.29, 0.717) is 23.7 Å². The molecule has 0 atom stereocenters. The molecule has 7 heteroatoms. The van der Waals surface area contributed by atoms with Gasteiger partial charge in [-0.25, -0.2) is 8.42 Å². The number of ether oxygens (including phenoxy) is 1. The van der Waals surface area contributed by atoms with Gasteiger partial charge in [0.2, 0.25) is 15.7 Å². The first kappa shape index (κ1) is 23.0. The smallest absolute Gasteiger partial charge is 0.230 e. The molecule has 160 valence electrons. The maximum absolute atomic E-state index is 13.6. The average molecular weight is 421 g/mol. The first-order valence-electron chi connectivity index (χ1n) is 9.71. The lowest BCUT2D eigenvalue weighted by atomic mass is 9.96. The first-order valence-corrected chi connectivity index (χ1v) is 11.2. The standard InChI is InChI=1S/C22H32N2O4S/c1-14(2)13-24-16(4)15(3)19(20(24)23-21(25)22(5,6)7)29(26,27)18-11-9-17(28-8)10-12-18/h9-12,14H,13H2,1-8H3,(H,23,25). The van der Waals surface area contributed by atoms with Crippen molar-refractivity contribution in [3.05, 3.63) is 35.5 Å². The maximum Gasteiger partial charge on any atom is 0.230 e. The number of nitrogens with zero attached hydrogens (tertiary/aromatic N) is 1. The SMILES string of the molecule is COc1ccc(S(=O)(=O)c2c(C)c(C)n(CC(C)C)c2NC(=O)C(C)(C)C)cc1. The molecule has 0 aliphatic carbocycles. The summed E-state index contributed by atoms with van der Waals surface area (Å²) in [5, 5.41) is 2.90. The number of carbonyl (C=O) groups excluding carboxylic acids is 1. The maximum atomic E-state index is 13.6. The van der Waals surface area contributed by atoms with Gasteiger partial charge >= 0.3 is 0 Å². The molecule has 0 radical (unpaired) electrons. The van der Waals surface area contributed by atoms with Gasteiger partial charge in [0.05, 0.1) is 12.0 Å². The Morgan fingerprint density at radius 2 is 1.69 bits per heavy atom. The quantitative estimate of drug-likeness (QED) is 0.742. The van der Waals surface area contributed by atoms with Gasteiger partial charge in [0.25, 0.3) is 0 Å². The number of anilines is 1. The van der Waals surface area contributed by atoms with Gasteiger partial charge in [-0.05, 0) is 49.6 Å². The van der Waals surface area contributed by atoms with Crippen LogP contribution >= 0.6 is 0 Å². The number of methoxy groups -OCH3 is 1. The Labute approximate surface area is 174 Å². The van der Waals surface area contributed by atoms with E-state index in [1.54, 1.807) is 39.8 Å². The molecule has 6 nitrogen and oxygen atoms in total. The van der Waals surface area contributed by atoms with E-state index in [-0.39, 0.29) is 21.6 Å². The van der Waals surface area contributed by atoms with Crippen LogP contribution < -0.4 is 10.1 Å². The summed E-state index contributed by atoms with van der Waals surface area (Å²) in [7, 11) is -2.31. The number of hydrogen-bond donors (Lipinski definition) is 1. The number of aromatic nitrogens is 1. The Kier molecular flexibility index (Phi) is 6.52. The molecule has 0 aliphatic heterocycles. The molecule has 0 aliphatic rings.